The van der Waals surface area contributed by atoms with Crippen molar-refractivity contribution in [3.05, 3.63) is 12.7 Å². The van der Waals surface area contributed by atoms with Gasteiger partial charge in [-0.05, 0) is 13.0 Å². The molecule has 2 N–H and O–H groups in total. The number of aliphatic hydroxyl groups excluding tert-OH is 1. The quantitative estimate of drug-likeness (QED) is 0.296. The lowest BCUT2D eigenvalue weighted by Gasteiger charge is -2.28. The minimum atomic E-state index is -0.637. The highest BCUT2D eigenvalue weighted by atomic mass is 16.5. The number of hydrogen-bond acceptors (Lipinski definition) is 4. The third kappa shape index (κ3) is 10.9. The number of amides is 1. The maximum absolute atomic E-state index is 10.8. The highest BCUT2D eigenvalue weighted by Gasteiger charge is 2.12. The van der Waals surface area contributed by atoms with Crippen LogP contribution in [0.25, 0.3) is 0 Å². The number of rotatable bonds is 12. The summed E-state index contributed by atoms with van der Waals surface area (Å²) in [6, 6.07) is 0. The predicted molar refractivity (Wildman–Crippen MR) is 78.4 cm³/mol. The Morgan fingerprint density at radius 3 is 2.50 bits per heavy atom. The molecule has 6 nitrogen and oxygen atoms in total. The van der Waals surface area contributed by atoms with E-state index in [1.165, 1.54) is 6.08 Å². The molecule has 0 spiro atoms. The molecule has 6 heteroatoms. The average molecular weight is 289 g/mol. The van der Waals surface area contributed by atoms with E-state index < -0.39 is 6.10 Å². The summed E-state index contributed by atoms with van der Waals surface area (Å²) >= 11 is 0. The lowest BCUT2D eigenvalue weighted by atomic mass is 10.4. The number of ether oxygens (including phenoxy) is 2. The number of carbonyl (C=O) groups is 1. The number of likely N-dealkylation sites (N-methyl/N-ethyl adjacent to an activating group) is 1. The molecule has 0 aliphatic rings. The molecule has 0 aliphatic heterocycles. The normalized spacial score (nSPS) is 13.0. The lowest BCUT2D eigenvalue weighted by Crippen LogP contribution is -2.42. The van der Waals surface area contributed by atoms with Crippen molar-refractivity contribution in [2.45, 2.75) is 13.0 Å². The molecule has 0 fully saturated rings. The summed E-state index contributed by atoms with van der Waals surface area (Å²) < 4.78 is 11.5. The van der Waals surface area contributed by atoms with Crippen LogP contribution < -0.4 is 5.32 Å². The van der Waals surface area contributed by atoms with Crippen LogP contribution >= 0.6 is 0 Å². The summed E-state index contributed by atoms with van der Waals surface area (Å²) in [6.45, 7) is 9.29. The molecule has 1 unspecified atom stereocenters. The van der Waals surface area contributed by atoms with Crippen molar-refractivity contribution in [2.24, 2.45) is 0 Å². The van der Waals surface area contributed by atoms with E-state index in [1.54, 1.807) is 0 Å². The van der Waals surface area contributed by atoms with Crippen molar-refractivity contribution in [2.75, 3.05) is 60.2 Å². The smallest absolute Gasteiger partial charge is 0.243 e. The van der Waals surface area contributed by atoms with Crippen LogP contribution in [0.3, 0.4) is 0 Å². The minimum Gasteiger partial charge on any atom is -0.388 e. The van der Waals surface area contributed by atoms with Gasteiger partial charge in [-0.3, -0.25) is 4.79 Å². The first-order valence-corrected chi connectivity index (χ1v) is 6.97. The standard InChI is InChI=1S/C14H28N2O4/c1-5-14(18)15-7-9-19-11-13(17)12-20-10-8-16(3,4)6-2/h5,13,17H,1,6-12H2,2-4H3/p+1. The Morgan fingerprint density at radius 2 is 1.95 bits per heavy atom. The van der Waals surface area contributed by atoms with Crippen molar-refractivity contribution in [1.29, 1.82) is 0 Å². The maximum Gasteiger partial charge on any atom is 0.243 e. The van der Waals surface area contributed by atoms with Gasteiger partial charge in [-0.2, -0.15) is 0 Å². The molecule has 0 bridgehead atoms. The zero-order valence-electron chi connectivity index (χ0n) is 12.9. The maximum atomic E-state index is 10.8. The number of nitrogens with one attached hydrogen (secondary N) is 1. The summed E-state index contributed by atoms with van der Waals surface area (Å²) in [6.07, 6.45) is 0.571. The largest absolute Gasteiger partial charge is 0.388 e. The number of quaternary nitrogens is 1. The van der Waals surface area contributed by atoms with Gasteiger partial charge in [0.15, 0.2) is 0 Å². The van der Waals surface area contributed by atoms with Crippen molar-refractivity contribution >= 4 is 5.91 Å². The zero-order chi connectivity index (χ0) is 15.4. The molecule has 0 saturated heterocycles. The van der Waals surface area contributed by atoms with Crippen molar-refractivity contribution in [3.63, 3.8) is 0 Å². The first-order chi connectivity index (χ1) is 9.41. The van der Waals surface area contributed by atoms with E-state index in [0.29, 0.717) is 19.8 Å². The van der Waals surface area contributed by atoms with Gasteiger partial charge in [-0.25, -0.2) is 0 Å². The zero-order valence-corrected chi connectivity index (χ0v) is 12.9. The highest BCUT2D eigenvalue weighted by molar-refractivity contribution is 5.86. The van der Waals surface area contributed by atoms with E-state index >= 15 is 0 Å². The summed E-state index contributed by atoms with van der Waals surface area (Å²) in [7, 11) is 4.28. The Morgan fingerprint density at radius 1 is 1.35 bits per heavy atom. The molecule has 0 radical (unpaired) electrons. The molecule has 1 amide bonds. The SMILES string of the molecule is C=CC(=O)NCCOCC(O)COCC[N+](C)(C)CC. The summed E-state index contributed by atoms with van der Waals surface area (Å²) in [5.74, 6) is -0.228. The van der Waals surface area contributed by atoms with Crippen LogP contribution in [0.15, 0.2) is 12.7 Å². The monoisotopic (exact) mass is 289 g/mol. The topological polar surface area (TPSA) is 67.8 Å². The van der Waals surface area contributed by atoms with Gasteiger partial charge < -0.3 is 24.4 Å². The number of carbonyl (C=O) groups excluding carboxylic acids is 1. The Balaban J connectivity index is 3.43. The van der Waals surface area contributed by atoms with E-state index in [1.807, 2.05) is 0 Å². The van der Waals surface area contributed by atoms with Crippen LogP contribution in [0.5, 0.6) is 0 Å². The van der Waals surface area contributed by atoms with Gasteiger partial charge in [0.2, 0.25) is 5.91 Å². The molecule has 0 aromatic carbocycles. The molecule has 0 aromatic rings. The second kappa shape index (κ2) is 10.8. The van der Waals surface area contributed by atoms with Gasteiger partial charge >= 0.3 is 0 Å². The van der Waals surface area contributed by atoms with E-state index in [2.05, 4.69) is 32.9 Å². The first-order valence-electron chi connectivity index (χ1n) is 6.97. The molecular formula is C14H29N2O4+. The molecule has 1 atom stereocenters. The van der Waals surface area contributed by atoms with Crippen LogP contribution in [0.2, 0.25) is 0 Å². The van der Waals surface area contributed by atoms with Gasteiger partial charge in [0, 0.05) is 6.54 Å². The van der Waals surface area contributed by atoms with Crippen LogP contribution in [0.4, 0.5) is 0 Å². The fourth-order valence-electron chi connectivity index (χ4n) is 1.28. The van der Waals surface area contributed by atoms with Crippen molar-refractivity contribution in [3.8, 4) is 0 Å². The van der Waals surface area contributed by atoms with Crippen molar-refractivity contribution in [1.82, 2.24) is 5.32 Å². The summed E-state index contributed by atoms with van der Waals surface area (Å²) in [5, 5.41) is 12.2. The number of nitrogens with zero attached hydrogens (tertiary/aromatic N) is 1. The fourth-order valence-corrected chi connectivity index (χ4v) is 1.28. The Kier molecular flexibility index (Phi) is 10.3. The van der Waals surface area contributed by atoms with Gasteiger partial charge in [-0.15, -0.1) is 0 Å². The Bertz CT molecular complexity index is 282. The number of hydrogen-bond donors (Lipinski definition) is 2. The van der Waals surface area contributed by atoms with E-state index in [4.69, 9.17) is 9.47 Å². The van der Waals surface area contributed by atoms with E-state index in [0.717, 1.165) is 17.6 Å². The fraction of sp³-hybridized carbons (Fsp3) is 0.786. The summed E-state index contributed by atoms with van der Waals surface area (Å²) in [4.78, 5) is 10.8. The van der Waals surface area contributed by atoms with Crippen LogP contribution in [0, 0.1) is 0 Å². The molecule has 0 aliphatic carbocycles. The minimum absolute atomic E-state index is 0.204. The second-order valence-corrected chi connectivity index (χ2v) is 5.27. The van der Waals surface area contributed by atoms with Gasteiger partial charge in [-0.1, -0.05) is 6.58 Å². The van der Waals surface area contributed by atoms with Gasteiger partial charge in [0.05, 0.1) is 47.1 Å². The van der Waals surface area contributed by atoms with E-state index in [9.17, 15) is 9.90 Å². The molecule has 0 aromatic heterocycles. The van der Waals surface area contributed by atoms with Crippen LogP contribution in [-0.2, 0) is 14.3 Å². The molecule has 0 saturated carbocycles. The molecule has 118 valence electrons. The third-order valence-corrected chi connectivity index (χ3v) is 3.05. The second-order valence-electron chi connectivity index (χ2n) is 5.27. The number of aliphatic hydroxyl groups is 1. The highest BCUT2D eigenvalue weighted by Crippen LogP contribution is 1.96. The Hall–Kier alpha value is -0.950. The van der Waals surface area contributed by atoms with E-state index in [-0.39, 0.29) is 19.1 Å². The average Bonchev–Trinajstić information content (AvgIpc) is 2.43. The van der Waals surface area contributed by atoms with Crippen molar-refractivity contribution < 1.29 is 23.9 Å². The van der Waals surface area contributed by atoms with Crippen LogP contribution in [-0.4, -0.2) is 81.8 Å². The molecule has 0 rings (SSSR count). The first kappa shape index (κ1) is 19.1. The van der Waals surface area contributed by atoms with Gasteiger partial charge in [0.25, 0.3) is 0 Å². The molecule has 20 heavy (non-hydrogen) atoms. The third-order valence-electron chi connectivity index (χ3n) is 3.05. The molecular weight excluding hydrogens is 260 g/mol. The molecule has 0 heterocycles. The van der Waals surface area contributed by atoms with Gasteiger partial charge in [0.1, 0.15) is 12.6 Å². The summed E-state index contributed by atoms with van der Waals surface area (Å²) in [5.41, 5.74) is 0. The predicted octanol–water partition coefficient (Wildman–Crippen LogP) is -0.221. The lowest BCUT2D eigenvalue weighted by molar-refractivity contribution is -0.888. The van der Waals surface area contributed by atoms with Crippen LogP contribution in [0.1, 0.15) is 6.92 Å². The Labute approximate surface area is 121 Å².